The molecule has 0 N–H and O–H groups in total. The Kier molecular flexibility index (Phi) is 7.09. The molecule has 158 valence electrons. The van der Waals surface area contributed by atoms with Crippen LogP contribution in [0, 0.1) is 0 Å². The van der Waals surface area contributed by atoms with Crippen LogP contribution in [0.2, 0.25) is 0 Å². The molecule has 8 nitrogen and oxygen atoms in total. The highest BCUT2D eigenvalue weighted by Gasteiger charge is 2.29. The summed E-state index contributed by atoms with van der Waals surface area (Å²) in [7, 11) is 1.61. The summed E-state index contributed by atoms with van der Waals surface area (Å²) < 4.78 is 13.9. The molecule has 1 aliphatic rings. The summed E-state index contributed by atoms with van der Waals surface area (Å²) in [5, 5.41) is 4.57. The fourth-order valence-electron chi connectivity index (χ4n) is 3.82. The minimum atomic E-state index is -0.0938. The number of hydrogen-bond acceptors (Lipinski definition) is 5. The summed E-state index contributed by atoms with van der Waals surface area (Å²) in [5.74, 6) is 1.60. The quantitative estimate of drug-likeness (QED) is 0.676. The molecule has 0 spiro atoms. The third-order valence-corrected chi connectivity index (χ3v) is 5.34. The smallest absolute Gasteiger partial charge is 0.345 e. The number of rotatable bonds is 8. The van der Waals surface area contributed by atoms with Crippen LogP contribution >= 0.6 is 0 Å². The van der Waals surface area contributed by atoms with Gasteiger partial charge in [0.15, 0.2) is 0 Å². The molecule has 1 fully saturated rings. The van der Waals surface area contributed by atoms with Gasteiger partial charge in [0.05, 0.1) is 25.3 Å². The average Bonchev–Trinajstić information content (AvgIpc) is 3.07. The van der Waals surface area contributed by atoms with E-state index in [-0.39, 0.29) is 17.5 Å². The molecule has 1 aromatic heterocycles. The van der Waals surface area contributed by atoms with E-state index >= 15 is 0 Å². The van der Waals surface area contributed by atoms with Crippen LogP contribution in [0.5, 0.6) is 5.75 Å². The SMILES string of the molecule is CCOc1ccccc1C(=O)N1CCC(c2nn(CCOC)c(=O)n2CC)CC1. The van der Waals surface area contributed by atoms with E-state index in [9.17, 15) is 9.59 Å². The molecular formula is C21H30N4O4. The molecular weight excluding hydrogens is 372 g/mol. The Morgan fingerprint density at radius 1 is 1.21 bits per heavy atom. The van der Waals surface area contributed by atoms with Crippen molar-refractivity contribution in [2.45, 2.75) is 45.7 Å². The number of para-hydroxylation sites is 1. The van der Waals surface area contributed by atoms with E-state index < -0.39 is 0 Å². The second-order valence-corrected chi connectivity index (χ2v) is 7.10. The van der Waals surface area contributed by atoms with Gasteiger partial charge in [0.1, 0.15) is 11.6 Å². The van der Waals surface area contributed by atoms with E-state index in [1.807, 2.05) is 43.0 Å². The van der Waals surface area contributed by atoms with Crippen LogP contribution in [0.25, 0.3) is 0 Å². The van der Waals surface area contributed by atoms with E-state index in [1.165, 1.54) is 4.68 Å². The van der Waals surface area contributed by atoms with Crippen molar-refractivity contribution in [1.29, 1.82) is 0 Å². The standard InChI is InChI=1S/C21H30N4O4/c1-4-24-19(22-25(21(24)27)14-15-28-3)16-10-12-23(13-11-16)20(26)17-8-6-7-9-18(17)29-5-2/h6-9,16H,4-5,10-15H2,1-3H3. The molecule has 1 amide bonds. The van der Waals surface area contributed by atoms with Gasteiger partial charge in [-0.25, -0.2) is 9.48 Å². The molecule has 0 atom stereocenters. The number of nitrogens with zero attached hydrogens (tertiary/aromatic N) is 4. The summed E-state index contributed by atoms with van der Waals surface area (Å²) >= 11 is 0. The number of ether oxygens (including phenoxy) is 2. The minimum Gasteiger partial charge on any atom is -0.493 e. The van der Waals surface area contributed by atoms with Crippen molar-refractivity contribution in [3.8, 4) is 5.75 Å². The first-order valence-corrected chi connectivity index (χ1v) is 10.3. The molecule has 0 bridgehead atoms. The predicted octanol–water partition coefficient (Wildman–Crippen LogP) is 2.13. The van der Waals surface area contributed by atoms with E-state index in [2.05, 4.69) is 5.10 Å². The van der Waals surface area contributed by atoms with Crippen LogP contribution in [0.1, 0.15) is 48.8 Å². The largest absolute Gasteiger partial charge is 0.493 e. The highest BCUT2D eigenvalue weighted by molar-refractivity contribution is 5.97. The Hall–Kier alpha value is -2.61. The number of piperidine rings is 1. The van der Waals surface area contributed by atoms with Gasteiger partial charge >= 0.3 is 5.69 Å². The maximum absolute atomic E-state index is 13.0. The second kappa shape index (κ2) is 9.73. The summed E-state index contributed by atoms with van der Waals surface area (Å²) in [4.78, 5) is 27.4. The molecule has 29 heavy (non-hydrogen) atoms. The van der Waals surface area contributed by atoms with Crippen molar-refractivity contribution in [3.05, 3.63) is 46.1 Å². The topological polar surface area (TPSA) is 78.6 Å². The van der Waals surface area contributed by atoms with Crippen LogP contribution < -0.4 is 10.4 Å². The number of benzene rings is 1. The number of aromatic nitrogens is 3. The predicted molar refractivity (Wildman–Crippen MR) is 110 cm³/mol. The van der Waals surface area contributed by atoms with E-state index in [0.717, 1.165) is 18.7 Å². The molecule has 1 aliphatic heterocycles. The van der Waals surface area contributed by atoms with Gasteiger partial charge < -0.3 is 14.4 Å². The third-order valence-electron chi connectivity index (χ3n) is 5.34. The molecule has 2 heterocycles. The number of likely N-dealkylation sites (tertiary alicyclic amines) is 1. The van der Waals surface area contributed by atoms with Gasteiger partial charge in [-0.1, -0.05) is 12.1 Å². The molecule has 0 aliphatic carbocycles. The van der Waals surface area contributed by atoms with Gasteiger partial charge in [0.25, 0.3) is 5.91 Å². The zero-order chi connectivity index (χ0) is 20.8. The van der Waals surface area contributed by atoms with Crippen LogP contribution in [-0.2, 0) is 17.8 Å². The maximum atomic E-state index is 13.0. The fourth-order valence-corrected chi connectivity index (χ4v) is 3.82. The zero-order valence-corrected chi connectivity index (χ0v) is 17.5. The van der Waals surface area contributed by atoms with Crippen molar-refractivity contribution in [1.82, 2.24) is 19.2 Å². The molecule has 0 saturated carbocycles. The molecule has 1 saturated heterocycles. The third kappa shape index (κ3) is 4.53. The Morgan fingerprint density at radius 2 is 1.93 bits per heavy atom. The first kappa shape index (κ1) is 21.1. The lowest BCUT2D eigenvalue weighted by Gasteiger charge is -2.32. The van der Waals surface area contributed by atoms with Crippen LogP contribution in [0.4, 0.5) is 0 Å². The van der Waals surface area contributed by atoms with Crippen LogP contribution in [0.3, 0.4) is 0 Å². The number of hydrogen-bond donors (Lipinski definition) is 0. The molecule has 8 heteroatoms. The van der Waals surface area contributed by atoms with Crippen LogP contribution in [0.15, 0.2) is 29.1 Å². The first-order chi connectivity index (χ1) is 14.1. The highest BCUT2D eigenvalue weighted by Crippen LogP contribution is 2.28. The monoisotopic (exact) mass is 402 g/mol. The van der Waals surface area contributed by atoms with Gasteiger partial charge in [-0.05, 0) is 38.8 Å². The fraction of sp³-hybridized carbons (Fsp3) is 0.571. The number of amides is 1. The molecule has 3 rings (SSSR count). The second-order valence-electron chi connectivity index (χ2n) is 7.10. The van der Waals surface area contributed by atoms with Crippen molar-refractivity contribution >= 4 is 5.91 Å². The zero-order valence-electron chi connectivity index (χ0n) is 17.5. The lowest BCUT2D eigenvalue weighted by atomic mass is 9.95. The lowest BCUT2D eigenvalue weighted by molar-refractivity contribution is 0.0706. The van der Waals surface area contributed by atoms with E-state index in [0.29, 0.717) is 50.7 Å². The average molecular weight is 402 g/mol. The van der Waals surface area contributed by atoms with E-state index in [1.54, 1.807) is 11.7 Å². The Labute approximate surface area is 171 Å². The molecule has 0 radical (unpaired) electrons. The summed E-state index contributed by atoms with van der Waals surface area (Å²) in [6, 6.07) is 7.37. The lowest BCUT2D eigenvalue weighted by Crippen LogP contribution is -2.38. The van der Waals surface area contributed by atoms with Gasteiger partial charge in [-0.2, -0.15) is 5.10 Å². The number of carbonyl (C=O) groups excluding carboxylic acids is 1. The van der Waals surface area contributed by atoms with Crippen molar-refractivity contribution in [3.63, 3.8) is 0 Å². The Balaban J connectivity index is 1.71. The molecule has 1 aromatic carbocycles. The van der Waals surface area contributed by atoms with E-state index in [4.69, 9.17) is 9.47 Å². The molecule has 0 unspecified atom stereocenters. The summed E-state index contributed by atoms with van der Waals surface area (Å²) in [6.45, 7) is 7.13. The van der Waals surface area contributed by atoms with Gasteiger partial charge in [0.2, 0.25) is 0 Å². The minimum absolute atomic E-state index is 0.00833. The number of carbonyl (C=O) groups is 1. The maximum Gasteiger partial charge on any atom is 0.345 e. The van der Waals surface area contributed by atoms with Gasteiger partial charge in [0, 0.05) is 32.7 Å². The van der Waals surface area contributed by atoms with Gasteiger partial charge in [-0.15, -0.1) is 0 Å². The highest BCUT2D eigenvalue weighted by atomic mass is 16.5. The summed E-state index contributed by atoms with van der Waals surface area (Å²) in [6.07, 6.45) is 1.56. The Bertz CT molecular complexity index is 881. The van der Waals surface area contributed by atoms with Crippen molar-refractivity contribution in [2.24, 2.45) is 0 Å². The Morgan fingerprint density at radius 3 is 2.59 bits per heavy atom. The first-order valence-electron chi connectivity index (χ1n) is 10.3. The number of methoxy groups -OCH3 is 1. The molecule has 2 aromatic rings. The van der Waals surface area contributed by atoms with Crippen LogP contribution in [-0.4, -0.2) is 58.6 Å². The van der Waals surface area contributed by atoms with Gasteiger partial charge in [-0.3, -0.25) is 9.36 Å². The van der Waals surface area contributed by atoms with Crippen molar-refractivity contribution < 1.29 is 14.3 Å². The van der Waals surface area contributed by atoms with Crippen molar-refractivity contribution in [2.75, 3.05) is 33.4 Å². The summed E-state index contributed by atoms with van der Waals surface area (Å²) in [5.41, 5.74) is 0.505. The normalized spacial score (nSPS) is 14.9.